The van der Waals surface area contributed by atoms with Crippen LogP contribution in [0, 0.1) is 0 Å². The van der Waals surface area contributed by atoms with Gasteiger partial charge >= 0.3 is 0 Å². The van der Waals surface area contributed by atoms with E-state index in [0.29, 0.717) is 12.0 Å². The monoisotopic (exact) mass is 442 g/mol. The zero-order chi connectivity index (χ0) is 22.3. The molecular formula is C24H30N2O4S. The molecule has 0 radical (unpaired) electrons. The van der Waals surface area contributed by atoms with Crippen molar-refractivity contribution in [2.75, 3.05) is 25.9 Å². The minimum Gasteiger partial charge on any atom is -0.508 e. The molecule has 7 heteroatoms. The average Bonchev–Trinajstić information content (AvgIpc) is 3.13. The Balaban J connectivity index is 0.000000491. The second kappa shape index (κ2) is 10.6. The Bertz CT molecular complexity index is 1110. The van der Waals surface area contributed by atoms with Crippen LogP contribution in [0.3, 0.4) is 0 Å². The number of aryl methyl sites for hydroxylation is 1. The summed E-state index contributed by atoms with van der Waals surface area (Å²) in [6, 6.07) is 16.3. The highest BCUT2D eigenvalue weighted by Gasteiger charge is 2.12. The second-order valence-electron chi connectivity index (χ2n) is 7.88. The van der Waals surface area contributed by atoms with Crippen LogP contribution >= 0.6 is 0 Å². The molecule has 0 saturated heterocycles. The van der Waals surface area contributed by atoms with E-state index >= 15 is 0 Å². The van der Waals surface area contributed by atoms with Crippen molar-refractivity contribution in [1.29, 1.82) is 0 Å². The smallest absolute Gasteiger partial charge is 0.261 e. The number of H-pyrrole nitrogens is 1. The number of benzene rings is 2. The van der Waals surface area contributed by atoms with Crippen LogP contribution in [0.1, 0.15) is 30.4 Å². The van der Waals surface area contributed by atoms with Gasteiger partial charge in [0.15, 0.2) is 0 Å². The number of aromatic hydroxyl groups is 1. The molecule has 0 spiro atoms. The number of aromatic nitrogens is 1. The molecule has 3 N–H and O–H groups in total. The van der Waals surface area contributed by atoms with E-state index in [1.54, 1.807) is 6.07 Å². The maximum atomic E-state index is 9.69. The van der Waals surface area contributed by atoms with Crippen molar-refractivity contribution in [2.45, 2.75) is 25.7 Å². The number of hydrogen-bond donors (Lipinski definition) is 3. The third-order valence-electron chi connectivity index (χ3n) is 5.36. The second-order valence-corrected chi connectivity index (χ2v) is 9.35. The highest BCUT2D eigenvalue weighted by atomic mass is 32.2. The fourth-order valence-electron chi connectivity index (χ4n) is 3.85. The van der Waals surface area contributed by atoms with Gasteiger partial charge in [-0.3, -0.25) is 9.45 Å². The van der Waals surface area contributed by atoms with Gasteiger partial charge in [0.2, 0.25) is 0 Å². The molecule has 0 saturated carbocycles. The molecule has 2 heterocycles. The Kier molecular flexibility index (Phi) is 7.90. The molecule has 2 aromatic carbocycles. The van der Waals surface area contributed by atoms with Gasteiger partial charge in [0.05, 0.1) is 6.26 Å². The Morgan fingerprint density at radius 1 is 1.10 bits per heavy atom. The first-order chi connectivity index (χ1) is 14.8. The van der Waals surface area contributed by atoms with Crippen LogP contribution in [0.4, 0.5) is 0 Å². The number of fused-ring (bicyclic) bond motifs is 1. The van der Waals surface area contributed by atoms with E-state index in [9.17, 15) is 13.5 Å². The largest absolute Gasteiger partial charge is 0.508 e. The quantitative estimate of drug-likeness (QED) is 0.386. The lowest BCUT2D eigenvalue weighted by molar-refractivity contribution is 0.295. The molecule has 4 rings (SSSR count). The van der Waals surface area contributed by atoms with Gasteiger partial charge in [-0.25, -0.2) is 0 Å². The summed E-state index contributed by atoms with van der Waals surface area (Å²) in [6.07, 6.45) is 9.77. The summed E-state index contributed by atoms with van der Waals surface area (Å²) < 4.78 is 25.9. The number of nitrogens with zero attached hydrogens (tertiary/aromatic N) is 1. The van der Waals surface area contributed by atoms with Crippen molar-refractivity contribution in [2.24, 2.45) is 0 Å². The van der Waals surface area contributed by atoms with Gasteiger partial charge in [-0.15, -0.1) is 0 Å². The Labute approximate surface area is 184 Å². The molecule has 1 aliphatic rings. The van der Waals surface area contributed by atoms with E-state index in [2.05, 4.69) is 52.5 Å². The summed E-state index contributed by atoms with van der Waals surface area (Å²) >= 11 is 0. The van der Waals surface area contributed by atoms with Gasteiger partial charge in [0, 0.05) is 30.2 Å². The average molecular weight is 443 g/mol. The van der Waals surface area contributed by atoms with Gasteiger partial charge in [-0.1, -0.05) is 36.4 Å². The number of rotatable bonds is 6. The first kappa shape index (κ1) is 23.1. The van der Waals surface area contributed by atoms with E-state index in [4.69, 9.17) is 4.55 Å². The fourth-order valence-corrected chi connectivity index (χ4v) is 3.85. The topological polar surface area (TPSA) is 93.6 Å². The van der Waals surface area contributed by atoms with Crippen LogP contribution in [0.2, 0.25) is 0 Å². The summed E-state index contributed by atoms with van der Waals surface area (Å²) in [4.78, 5) is 5.85. The normalized spacial score (nSPS) is 14.7. The summed E-state index contributed by atoms with van der Waals surface area (Å²) in [6.45, 7) is 3.37. The number of aromatic amines is 1. The van der Waals surface area contributed by atoms with Crippen LogP contribution in [-0.2, 0) is 16.5 Å². The first-order valence-electron chi connectivity index (χ1n) is 10.5. The molecule has 0 aliphatic carbocycles. The summed E-state index contributed by atoms with van der Waals surface area (Å²) in [7, 11) is -3.67. The molecule has 0 fully saturated rings. The Morgan fingerprint density at radius 3 is 2.52 bits per heavy atom. The van der Waals surface area contributed by atoms with Gasteiger partial charge in [0.25, 0.3) is 10.1 Å². The van der Waals surface area contributed by atoms with Crippen LogP contribution in [0.5, 0.6) is 5.75 Å². The highest BCUT2D eigenvalue weighted by molar-refractivity contribution is 7.85. The van der Waals surface area contributed by atoms with Crippen molar-refractivity contribution >= 4 is 26.6 Å². The zero-order valence-corrected chi connectivity index (χ0v) is 18.6. The molecule has 1 aromatic heterocycles. The van der Waals surface area contributed by atoms with Crippen molar-refractivity contribution in [1.82, 2.24) is 9.88 Å². The maximum absolute atomic E-state index is 9.69. The SMILES string of the molecule is CS(=O)(=O)O.Oc1ccc2[nH]cc(CCCCN3CC=C(c4ccccc4)CC3)c2c1. The molecular weight excluding hydrogens is 412 g/mol. The van der Waals surface area contributed by atoms with Crippen molar-refractivity contribution in [3.63, 3.8) is 0 Å². The van der Waals surface area contributed by atoms with E-state index < -0.39 is 10.1 Å². The molecule has 0 amide bonds. The molecule has 0 atom stereocenters. The van der Waals surface area contributed by atoms with Crippen molar-refractivity contribution in [3.05, 3.63) is 71.9 Å². The van der Waals surface area contributed by atoms with Crippen LogP contribution in [0.25, 0.3) is 16.5 Å². The lowest BCUT2D eigenvalue weighted by atomic mass is 9.99. The number of unbranched alkanes of at least 4 members (excludes halogenated alkanes) is 1. The van der Waals surface area contributed by atoms with Crippen molar-refractivity contribution < 1.29 is 18.1 Å². The third kappa shape index (κ3) is 7.54. The van der Waals surface area contributed by atoms with E-state index in [1.807, 2.05) is 12.1 Å². The van der Waals surface area contributed by atoms with Gasteiger partial charge in [-0.2, -0.15) is 8.42 Å². The summed E-state index contributed by atoms with van der Waals surface area (Å²) in [5.74, 6) is 0.340. The van der Waals surface area contributed by atoms with E-state index in [0.717, 1.165) is 43.4 Å². The number of nitrogens with one attached hydrogen (secondary N) is 1. The molecule has 3 aromatic rings. The first-order valence-corrected chi connectivity index (χ1v) is 12.3. The summed E-state index contributed by atoms with van der Waals surface area (Å²) in [5, 5.41) is 10.8. The molecule has 166 valence electrons. The Morgan fingerprint density at radius 2 is 1.84 bits per heavy atom. The maximum Gasteiger partial charge on any atom is 0.261 e. The predicted octanol–water partition coefficient (Wildman–Crippen LogP) is 4.49. The fraction of sp³-hybridized carbons (Fsp3) is 0.333. The lowest BCUT2D eigenvalue weighted by Gasteiger charge is -2.26. The molecule has 0 unspecified atom stereocenters. The van der Waals surface area contributed by atoms with Gasteiger partial charge < -0.3 is 10.1 Å². The van der Waals surface area contributed by atoms with Crippen LogP contribution in [0.15, 0.2) is 60.8 Å². The molecule has 1 aliphatic heterocycles. The number of hydrogen-bond acceptors (Lipinski definition) is 4. The van der Waals surface area contributed by atoms with Gasteiger partial charge in [-0.05, 0) is 67.1 Å². The van der Waals surface area contributed by atoms with Crippen molar-refractivity contribution in [3.8, 4) is 5.75 Å². The number of phenols is 1. The molecule has 31 heavy (non-hydrogen) atoms. The van der Waals surface area contributed by atoms with E-state index in [-0.39, 0.29) is 0 Å². The standard InChI is InChI=1S/C23H26N2O.CH4O3S/c26-21-9-10-23-22(16-21)20(17-24-23)8-4-5-13-25-14-11-19(12-15-25)18-6-2-1-3-7-18;1-5(2,3)4/h1-3,6-7,9-11,16-17,24,26H,4-5,8,12-15H2;1H3,(H,2,3,4). The predicted molar refractivity (Wildman–Crippen MR) is 126 cm³/mol. The van der Waals surface area contributed by atoms with Gasteiger partial charge in [0.1, 0.15) is 5.75 Å². The minimum absolute atomic E-state index is 0.340. The lowest BCUT2D eigenvalue weighted by Crippen LogP contribution is -2.29. The zero-order valence-electron chi connectivity index (χ0n) is 17.8. The number of phenolic OH excluding ortho intramolecular Hbond substituents is 1. The minimum atomic E-state index is -3.67. The third-order valence-corrected chi connectivity index (χ3v) is 5.36. The highest BCUT2D eigenvalue weighted by Crippen LogP contribution is 2.25. The van der Waals surface area contributed by atoms with E-state index in [1.165, 1.54) is 29.5 Å². The molecule has 6 nitrogen and oxygen atoms in total. The Hall–Kier alpha value is -2.61. The van der Waals surface area contributed by atoms with Crippen LogP contribution in [-0.4, -0.2) is 53.9 Å². The van der Waals surface area contributed by atoms with Crippen LogP contribution < -0.4 is 0 Å². The molecule has 0 bridgehead atoms. The summed E-state index contributed by atoms with van der Waals surface area (Å²) in [5.41, 5.74) is 5.27.